The maximum absolute atomic E-state index is 12.7. The number of ether oxygens (including phenoxy) is 2. The first kappa shape index (κ1) is 19.8. The predicted octanol–water partition coefficient (Wildman–Crippen LogP) is 0.934. The molecule has 1 atom stereocenters. The summed E-state index contributed by atoms with van der Waals surface area (Å²) in [5.41, 5.74) is 1.15. The van der Waals surface area contributed by atoms with Crippen molar-refractivity contribution in [2.75, 3.05) is 70.7 Å². The summed E-state index contributed by atoms with van der Waals surface area (Å²) in [5, 5.41) is -0.266. The zero-order valence-electron chi connectivity index (χ0n) is 15.9. The van der Waals surface area contributed by atoms with E-state index >= 15 is 0 Å². The van der Waals surface area contributed by atoms with Crippen molar-refractivity contribution >= 4 is 29.3 Å². The first-order valence-corrected chi connectivity index (χ1v) is 10.2. The van der Waals surface area contributed by atoms with Crippen LogP contribution in [0.5, 0.6) is 5.75 Å². The molecule has 3 rings (SSSR count). The maximum atomic E-state index is 12.7. The molecule has 8 heteroatoms. The first-order valence-electron chi connectivity index (χ1n) is 9.19. The lowest BCUT2D eigenvalue weighted by molar-refractivity contribution is -0.141. The summed E-state index contributed by atoms with van der Waals surface area (Å²) in [4.78, 5) is 30.7. The second-order valence-corrected chi connectivity index (χ2v) is 8.00. The van der Waals surface area contributed by atoms with Gasteiger partial charge in [0, 0.05) is 56.8 Å². The second kappa shape index (κ2) is 9.32. The molecule has 2 aliphatic heterocycles. The highest BCUT2D eigenvalue weighted by Crippen LogP contribution is 2.23. The summed E-state index contributed by atoms with van der Waals surface area (Å²) in [7, 11) is 3.07. The maximum Gasteiger partial charge on any atom is 0.320 e. The average Bonchev–Trinajstić information content (AvgIpc) is 2.73. The Morgan fingerprint density at radius 3 is 2.63 bits per heavy atom. The number of rotatable bonds is 5. The van der Waals surface area contributed by atoms with Crippen molar-refractivity contribution in [2.24, 2.45) is 0 Å². The third kappa shape index (κ3) is 5.07. The first-order chi connectivity index (χ1) is 13.1. The summed E-state index contributed by atoms with van der Waals surface area (Å²) < 4.78 is 10.1. The number of esters is 1. The number of hydrogen-bond donors (Lipinski definition) is 0. The molecule has 1 aromatic carbocycles. The molecule has 0 saturated carbocycles. The number of thioether (sulfide) groups is 1. The SMILES string of the molecule is COC(=O)[C@H]1CN(C(=O)CN2CCN(c3cccc(OC)c3)CC2)CCS1. The molecule has 0 unspecified atom stereocenters. The van der Waals surface area contributed by atoms with Crippen LogP contribution in [0.2, 0.25) is 0 Å². The van der Waals surface area contributed by atoms with Gasteiger partial charge in [0.15, 0.2) is 0 Å². The minimum atomic E-state index is -0.266. The number of hydrogen-bond acceptors (Lipinski definition) is 7. The molecule has 0 aliphatic carbocycles. The molecule has 7 nitrogen and oxygen atoms in total. The van der Waals surface area contributed by atoms with Crippen LogP contribution in [-0.4, -0.2) is 92.7 Å². The van der Waals surface area contributed by atoms with E-state index in [0.29, 0.717) is 19.6 Å². The lowest BCUT2D eigenvalue weighted by atomic mass is 10.2. The lowest BCUT2D eigenvalue weighted by Crippen LogP contribution is -2.52. The molecule has 1 amide bonds. The minimum absolute atomic E-state index is 0.0963. The third-order valence-electron chi connectivity index (χ3n) is 5.03. The van der Waals surface area contributed by atoms with Crippen LogP contribution in [0.3, 0.4) is 0 Å². The number of anilines is 1. The van der Waals surface area contributed by atoms with Gasteiger partial charge in [0.25, 0.3) is 0 Å². The van der Waals surface area contributed by atoms with Gasteiger partial charge in [0.1, 0.15) is 11.0 Å². The summed E-state index contributed by atoms with van der Waals surface area (Å²) in [6, 6.07) is 8.06. The zero-order chi connectivity index (χ0) is 19.2. The van der Waals surface area contributed by atoms with E-state index in [1.807, 2.05) is 18.2 Å². The summed E-state index contributed by atoms with van der Waals surface area (Å²) in [6.07, 6.45) is 0. The monoisotopic (exact) mass is 393 g/mol. The molecule has 2 saturated heterocycles. The molecule has 0 N–H and O–H groups in total. The Balaban J connectivity index is 1.48. The predicted molar refractivity (Wildman–Crippen MR) is 106 cm³/mol. The number of carbonyl (C=O) groups excluding carboxylic acids is 2. The van der Waals surface area contributed by atoms with Gasteiger partial charge in [0.2, 0.25) is 5.91 Å². The van der Waals surface area contributed by atoms with E-state index in [9.17, 15) is 9.59 Å². The van der Waals surface area contributed by atoms with Gasteiger partial charge < -0.3 is 19.3 Å². The van der Waals surface area contributed by atoms with Crippen molar-refractivity contribution in [3.8, 4) is 5.75 Å². The van der Waals surface area contributed by atoms with Gasteiger partial charge in [-0.3, -0.25) is 14.5 Å². The van der Waals surface area contributed by atoms with Crippen LogP contribution >= 0.6 is 11.8 Å². The van der Waals surface area contributed by atoms with Gasteiger partial charge in [-0.1, -0.05) is 6.07 Å². The van der Waals surface area contributed by atoms with E-state index in [0.717, 1.165) is 43.4 Å². The third-order valence-corrected chi connectivity index (χ3v) is 6.20. The fourth-order valence-electron chi connectivity index (χ4n) is 3.41. The Kier molecular flexibility index (Phi) is 6.84. The van der Waals surface area contributed by atoms with Crippen LogP contribution in [0.25, 0.3) is 0 Å². The van der Waals surface area contributed by atoms with Crippen LogP contribution in [0.4, 0.5) is 5.69 Å². The van der Waals surface area contributed by atoms with Crippen molar-refractivity contribution in [1.82, 2.24) is 9.80 Å². The average molecular weight is 394 g/mol. The van der Waals surface area contributed by atoms with Crippen LogP contribution in [-0.2, 0) is 14.3 Å². The summed E-state index contributed by atoms with van der Waals surface area (Å²) in [6.45, 7) is 4.98. The number of carbonyl (C=O) groups is 2. The van der Waals surface area contributed by atoms with Gasteiger partial charge >= 0.3 is 5.97 Å². The van der Waals surface area contributed by atoms with Crippen LogP contribution in [0.15, 0.2) is 24.3 Å². The van der Waals surface area contributed by atoms with Gasteiger partial charge in [-0.05, 0) is 12.1 Å². The highest BCUT2D eigenvalue weighted by Gasteiger charge is 2.30. The molecular formula is C19H27N3O4S. The highest BCUT2D eigenvalue weighted by molar-refractivity contribution is 8.00. The van der Waals surface area contributed by atoms with E-state index in [1.165, 1.54) is 7.11 Å². The van der Waals surface area contributed by atoms with E-state index < -0.39 is 0 Å². The van der Waals surface area contributed by atoms with E-state index in [1.54, 1.807) is 23.8 Å². The molecule has 0 spiro atoms. The van der Waals surface area contributed by atoms with Gasteiger partial charge in [0.05, 0.1) is 20.8 Å². The lowest BCUT2D eigenvalue weighted by Gasteiger charge is -2.37. The second-order valence-electron chi connectivity index (χ2n) is 6.69. The van der Waals surface area contributed by atoms with E-state index in [-0.39, 0.29) is 17.1 Å². The fourth-order valence-corrected chi connectivity index (χ4v) is 4.54. The molecule has 0 aromatic heterocycles. The Morgan fingerprint density at radius 2 is 1.93 bits per heavy atom. The summed E-state index contributed by atoms with van der Waals surface area (Å²) >= 11 is 1.57. The van der Waals surface area contributed by atoms with Crippen LogP contribution in [0.1, 0.15) is 0 Å². The van der Waals surface area contributed by atoms with Gasteiger partial charge in [-0.25, -0.2) is 0 Å². The topological polar surface area (TPSA) is 62.3 Å². The number of piperazine rings is 1. The highest BCUT2D eigenvalue weighted by atomic mass is 32.2. The van der Waals surface area contributed by atoms with Crippen molar-refractivity contribution in [3.63, 3.8) is 0 Å². The molecule has 148 valence electrons. The number of benzene rings is 1. The number of methoxy groups -OCH3 is 2. The Labute approximate surface area is 164 Å². The Hall–Kier alpha value is -1.93. The smallest absolute Gasteiger partial charge is 0.320 e. The molecule has 2 fully saturated rings. The molecule has 2 aliphatic rings. The van der Waals surface area contributed by atoms with Crippen LogP contribution in [0, 0.1) is 0 Å². The molecule has 27 heavy (non-hydrogen) atoms. The molecule has 2 heterocycles. The quantitative estimate of drug-likeness (QED) is 0.690. The summed E-state index contributed by atoms with van der Waals surface area (Å²) in [5.74, 6) is 1.48. The van der Waals surface area contributed by atoms with Crippen molar-refractivity contribution in [1.29, 1.82) is 0 Å². The van der Waals surface area contributed by atoms with Crippen LogP contribution < -0.4 is 9.64 Å². The normalized spacial score (nSPS) is 21.0. The largest absolute Gasteiger partial charge is 0.497 e. The number of nitrogens with zero attached hydrogens (tertiary/aromatic N) is 3. The zero-order valence-corrected chi connectivity index (χ0v) is 16.7. The van der Waals surface area contributed by atoms with Crippen molar-refractivity contribution in [3.05, 3.63) is 24.3 Å². The molecule has 0 radical (unpaired) electrons. The van der Waals surface area contributed by atoms with Crippen molar-refractivity contribution in [2.45, 2.75) is 5.25 Å². The minimum Gasteiger partial charge on any atom is -0.497 e. The molecule has 1 aromatic rings. The number of amides is 1. The molecular weight excluding hydrogens is 366 g/mol. The van der Waals surface area contributed by atoms with Gasteiger partial charge in [-0.15, -0.1) is 11.8 Å². The Morgan fingerprint density at radius 1 is 1.15 bits per heavy atom. The van der Waals surface area contributed by atoms with Crippen molar-refractivity contribution < 1.29 is 19.1 Å². The fraction of sp³-hybridized carbons (Fsp3) is 0.579. The Bertz CT molecular complexity index is 664. The van der Waals surface area contributed by atoms with E-state index in [2.05, 4.69) is 15.9 Å². The van der Waals surface area contributed by atoms with E-state index in [4.69, 9.17) is 9.47 Å². The molecule has 0 bridgehead atoms. The van der Waals surface area contributed by atoms with Gasteiger partial charge in [-0.2, -0.15) is 0 Å². The standard InChI is InChI=1S/C19H27N3O4S/c1-25-16-5-3-4-15(12-16)21-8-6-20(7-9-21)14-18(23)22-10-11-27-17(13-22)19(24)26-2/h3-5,12,17H,6-11,13-14H2,1-2H3/t17-/m1/s1.